The lowest BCUT2D eigenvalue weighted by molar-refractivity contribution is -0.118. The lowest BCUT2D eigenvalue weighted by atomic mass is 10.2. The Labute approximate surface area is 143 Å². The monoisotopic (exact) mass is 372 g/mol. The van der Waals surface area contributed by atoms with Gasteiger partial charge in [0.15, 0.2) is 0 Å². The highest BCUT2D eigenvalue weighted by atomic mass is 32.2. The van der Waals surface area contributed by atoms with Gasteiger partial charge in [-0.1, -0.05) is 31.3 Å². The number of rotatable bonds is 6. The standard InChI is InChI=1S/C13H16N4O3S3/c1-8(2)11(18)14-12-15-16-13(22-12)23(19,20)17-9-5-4-6-10(7-9)21-3/h4-8,17H,1-3H3,(H,14,15,18). The van der Waals surface area contributed by atoms with Crippen LogP contribution in [0.5, 0.6) is 0 Å². The fraction of sp³-hybridized carbons (Fsp3) is 0.308. The lowest BCUT2D eigenvalue weighted by Gasteiger charge is -2.06. The van der Waals surface area contributed by atoms with Crippen molar-refractivity contribution < 1.29 is 13.2 Å². The Kier molecular flexibility index (Phi) is 5.60. The molecule has 0 bridgehead atoms. The number of anilines is 2. The minimum Gasteiger partial charge on any atom is -0.300 e. The molecule has 124 valence electrons. The molecule has 0 atom stereocenters. The Hall–Kier alpha value is -1.65. The molecule has 1 heterocycles. The van der Waals surface area contributed by atoms with Gasteiger partial charge in [-0.25, -0.2) is 0 Å². The first-order chi connectivity index (χ1) is 10.8. The Morgan fingerprint density at radius 3 is 2.70 bits per heavy atom. The van der Waals surface area contributed by atoms with Crippen LogP contribution in [0.25, 0.3) is 0 Å². The van der Waals surface area contributed by atoms with E-state index in [0.717, 1.165) is 16.2 Å². The van der Waals surface area contributed by atoms with Gasteiger partial charge in [0, 0.05) is 10.8 Å². The van der Waals surface area contributed by atoms with Gasteiger partial charge in [0.05, 0.1) is 5.69 Å². The number of sulfonamides is 1. The van der Waals surface area contributed by atoms with E-state index in [-0.39, 0.29) is 21.3 Å². The highest BCUT2D eigenvalue weighted by molar-refractivity contribution is 7.98. The number of nitrogens with one attached hydrogen (secondary N) is 2. The molecule has 2 aromatic rings. The van der Waals surface area contributed by atoms with Gasteiger partial charge in [-0.2, -0.15) is 8.42 Å². The van der Waals surface area contributed by atoms with Gasteiger partial charge < -0.3 is 5.32 Å². The van der Waals surface area contributed by atoms with Crippen LogP contribution in [-0.4, -0.2) is 30.8 Å². The summed E-state index contributed by atoms with van der Waals surface area (Å²) in [5, 5.41) is 10.0. The average molecular weight is 372 g/mol. The maximum Gasteiger partial charge on any atom is 0.291 e. The van der Waals surface area contributed by atoms with Gasteiger partial charge in [0.1, 0.15) is 0 Å². The molecule has 2 rings (SSSR count). The third-order valence-electron chi connectivity index (χ3n) is 2.71. The van der Waals surface area contributed by atoms with Crippen LogP contribution in [0.15, 0.2) is 33.5 Å². The van der Waals surface area contributed by atoms with Gasteiger partial charge in [0.2, 0.25) is 11.0 Å². The molecule has 1 aromatic carbocycles. The molecule has 0 saturated carbocycles. The lowest BCUT2D eigenvalue weighted by Crippen LogP contribution is -2.17. The zero-order valence-corrected chi connectivity index (χ0v) is 15.2. The molecule has 23 heavy (non-hydrogen) atoms. The van der Waals surface area contributed by atoms with E-state index in [9.17, 15) is 13.2 Å². The second-order valence-electron chi connectivity index (χ2n) is 4.85. The van der Waals surface area contributed by atoms with Crippen molar-refractivity contribution in [3.05, 3.63) is 24.3 Å². The third kappa shape index (κ3) is 4.66. The molecule has 1 amide bonds. The number of thioether (sulfide) groups is 1. The summed E-state index contributed by atoms with van der Waals surface area (Å²) in [4.78, 5) is 12.5. The molecule has 0 aliphatic heterocycles. The largest absolute Gasteiger partial charge is 0.300 e. The van der Waals surface area contributed by atoms with Crippen molar-refractivity contribution in [2.24, 2.45) is 5.92 Å². The van der Waals surface area contributed by atoms with Crippen molar-refractivity contribution in [3.8, 4) is 0 Å². The van der Waals surface area contributed by atoms with Gasteiger partial charge >= 0.3 is 0 Å². The zero-order chi connectivity index (χ0) is 17.0. The van der Waals surface area contributed by atoms with Crippen LogP contribution in [-0.2, 0) is 14.8 Å². The molecule has 0 saturated heterocycles. The molecule has 7 nitrogen and oxygen atoms in total. The van der Waals surface area contributed by atoms with E-state index in [1.54, 1.807) is 32.0 Å². The third-order valence-corrected chi connectivity index (χ3v) is 6.03. The Morgan fingerprint density at radius 1 is 1.30 bits per heavy atom. The van der Waals surface area contributed by atoms with E-state index in [4.69, 9.17) is 0 Å². The quantitative estimate of drug-likeness (QED) is 0.597. The van der Waals surface area contributed by atoms with Crippen LogP contribution in [0.3, 0.4) is 0 Å². The maximum atomic E-state index is 12.3. The van der Waals surface area contributed by atoms with Crippen LogP contribution in [0, 0.1) is 5.92 Å². The number of aromatic nitrogens is 2. The summed E-state index contributed by atoms with van der Waals surface area (Å²) in [6, 6.07) is 7.02. The second-order valence-corrected chi connectivity index (χ2v) is 8.57. The topological polar surface area (TPSA) is 101 Å². The minimum atomic E-state index is -3.84. The molecule has 10 heteroatoms. The molecule has 0 spiro atoms. The minimum absolute atomic E-state index is 0.155. The molecular weight excluding hydrogens is 356 g/mol. The Balaban J connectivity index is 2.16. The first kappa shape index (κ1) is 17.7. The maximum absolute atomic E-state index is 12.3. The number of nitrogens with zero attached hydrogens (tertiary/aromatic N) is 2. The average Bonchev–Trinajstić information content (AvgIpc) is 2.96. The van der Waals surface area contributed by atoms with Gasteiger partial charge in [-0.05, 0) is 24.5 Å². The van der Waals surface area contributed by atoms with Crippen molar-refractivity contribution in [2.75, 3.05) is 16.3 Å². The molecule has 1 aromatic heterocycles. The number of carbonyl (C=O) groups excluding carboxylic acids is 1. The van der Waals surface area contributed by atoms with Crippen LogP contribution in [0.4, 0.5) is 10.8 Å². The van der Waals surface area contributed by atoms with Gasteiger partial charge in [0.25, 0.3) is 14.4 Å². The normalized spacial score (nSPS) is 11.5. The fourth-order valence-corrected chi connectivity index (χ4v) is 3.92. The number of amides is 1. The summed E-state index contributed by atoms with van der Waals surface area (Å²) in [5.41, 5.74) is 0.444. The van der Waals surface area contributed by atoms with Crippen LogP contribution in [0.1, 0.15) is 13.8 Å². The SMILES string of the molecule is CSc1cccc(NS(=O)(=O)c2nnc(NC(=O)C(C)C)s2)c1. The first-order valence-corrected chi connectivity index (χ1v) is 10.2. The van der Waals surface area contributed by atoms with Crippen LogP contribution < -0.4 is 10.0 Å². The highest BCUT2D eigenvalue weighted by Crippen LogP contribution is 2.25. The summed E-state index contributed by atoms with van der Waals surface area (Å²) in [6.45, 7) is 3.46. The van der Waals surface area contributed by atoms with Crippen molar-refractivity contribution in [2.45, 2.75) is 23.1 Å². The molecule has 0 aliphatic carbocycles. The summed E-state index contributed by atoms with van der Waals surface area (Å²) < 4.78 is 26.9. The van der Waals surface area contributed by atoms with E-state index >= 15 is 0 Å². The van der Waals surface area contributed by atoms with E-state index in [1.807, 2.05) is 12.3 Å². The van der Waals surface area contributed by atoms with Gasteiger partial charge in [-0.3, -0.25) is 9.52 Å². The van der Waals surface area contributed by atoms with E-state index in [1.165, 1.54) is 11.8 Å². The van der Waals surface area contributed by atoms with Crippen molar-refractivity contribution in [1.29, 1.82) is 0 Å². The van der Waals surface area contributed by atoms with Crippen LogP contribution >= 0.6 is 23.1 Å². The number of carbonyl (C=O) groups is 1. The highest BCUT2D eigenvalue weighted by Gasteiger charge is 2.21. The zero-order valence-electron chi connectivity index (χ0n) is 12.7. The fourth-order valence-electron chi connectivity index (χ4n) is 1.50. The number of benzene rings is 1. The smallest absolute Gasteiger partial charge is 0.291 e. The number of hydrogen-bond donors (Lipinski definition) is 2. The second kappa shape index (κ2) is 7.28. The van der Waals surface area contributed by atoms with E-state index in [2.05, 4.69) is 20.2 Å². The summed E-state index contributed by atoms with van der Waals surface area (Å²) >= 11 is 2.32. The Bertz CT molecular complexity index is 802. The number of hydrogen-bond acceptors (Lipinski definition) is 7. The van der Waals surface area contributed by atoms with Gasteiger partial charge in [-0.15, -0.1) is 22.0 Å². The molecule has 0 aliphatic rings. The van der Waals surface area contributed by atoms with E-state index < -0.39 is 10.0 Å². The molecule has 2 N–H and O–H groups in total. The predicted molar refractivity (Wildman–Crippen MR) is 92.4 cm³/mol. The van der Waals surface area contributed by atoms with Crippen molar-refractivity contribution >= 4 is 49.8 Å². The first-order valence-electron chi connectivity index (χ1n) is 6.63. The van der Waals surface area contributed by atoms with Crippen molar-refractivity contribution in [3.63, 3.8) is 0 Å². The summed E-state index contributed by atoms with van der Waals surface area (Å²) in [5.74, 6) is -0.475. The molecule has 0 radical (unpaired) electrons. The van der Waals surface area contributed by atoms with Crippen LogP contribution in [0.2, 0.25) is 0 Å². The molecule has 0 fully saturated rings. The Morgan fingerprint density at radius 2 is 2.04 bits per heavy atom. The summed E-state index contributed by atoms with van der Waals surface area (Å²) in [7, 11) is -3.84. The summed E-state index contributed by atoms with van der Waals surface area (Å²) in [6.07, 6.45) is 1.90. The molecule has 0 unspecified atom stereocenters. The molecular formula is C13H16N4O3S3. The van der Waals surface area contributed by atoms with Crippen molar-refractivity contribution in [1.82, 2.24) is 10.2 Å². The predicted octanol–water partition coefficient (Wildman–Crippen LogP) is 2.66. The van der Waals surface area contributed by atoms with E-state index in [0.29, 0.717) is 5.69 Å².